The van der Waals surface area contributed by atoms with Crippen molar-refractivity contribution >= 4 is 35.4 Å². The Morgan fingerprint density at radius 1 is 0.946 bits per heavy atom. The van der Waals surface area contributed by atoms with Crippen LogP contribution in [0.4, 0.5) is 4.79 Å². The first kappa shape index (κ1) is 31.8. The largest absolute Gasteiger partial charge is 0.352 e. The van der Waals surface area contributed by atoms with E-state index in [0.29, 0.717) is 58.0 Å². The Morgan fingerprint density at radius 2 is 1.59 bits per heavy atom. The third-order valence-corrected chi connectivity index (χ3v) is 6.36. The zero-order valence-corrected chi connectivity index (χ0v) is 22.5. The van der Waals surface area contributed by atoms with Crippen LogP contribution in [0.2, 0.25) is 0 Å². The molecule has 1 aliphatic heterocycles. The van der Waals surface area contributed by atoms with Gasteiger partial charge in [-0.25, -0.2) is 4.79 Å². The first-order valence-corrected chi connectivity index (χ1v) is 13.2. The highest BCUT2D eigenvalue weighted by Gasteiger charge is 2.27. The van der Waals surface area contributed by atoms with Crippen LogP contribution in [0.3, 0.4) is 0 Å². The maximum atomic E-state index is 13.1. The van der Waals surface area contributed by atoms with E-state index in [1.54, 1.807) is 6.92 Å². The van der Waals surface area contributed by atoms with Crippen molar-refractivity contribution in [2.24, 2.45) is 17.6 Å². The lowest BCUT2D eigenvalue weighted by Gasteiger charge is -2.27. The van der Waals surface area contributed by atoms with Gasteiger partial charge in [0.1, 0.15) is 11.8 Å². The molecule has 0 aromatic rings. The quantitative estimate of drug-likeness (QED) is 0.158. The molecular weight excluding hydrogens is 478 g/mol. The summed E-state index contributed by atoms with van der Waals surface area (Å²) in [6.07, 6.45) is 6.54. The molecule has 5 N–H and O–H groups in total. The maximum Gasteiger partial charge on any atom is 0.312 e. The normalized spacial score (nSPS) is 15.4. The Bertz CT molecular complexity index is 838. The summed E-state index contributed by atoms with van der Waals surface area (Å²) in [6.45, 7) is 8.00. The Hall–Kier alpha value is -3.24. The van der Waals surface area contributed by atoms with E-state index in [1.807, 2.05) is 20.8 Å². The molecule has 208 valence electrons. The second-order valence-electron chi connectivity index (χ2n) is 9.86. The number of hydrogen-bond donors (Lipinski definition) is 4. The van der Waals surface area contributed by atoms with Crippen molar-refractivity contribution in [3.8, 4) is 0 Å². The summed E-state index contributed by atoms with van der Waals surface area (Å²) in [6, 6.07) is -1.65. The Balaban J connectivity index is 2.57. The number of rotatable bonds is 18. The van der Waals surface area contributed by atoms with Gasteiger partial charge in [0.25, 0.3) is 11.8 Å². The van der Waals surface area contributed by atoms with E-state index in [9.17, 15) is 28.8 Å². The van der Waals surface area contributed by atoms with Gasteiger partial charge in [-0.2, -0.15) is 0 Å². The second-order valence-corrected chi connectivity index (χ2v) is 9.86. The number of carbonyl (C=O) groups is 6. The van der Waals surface area contributed by atoms with Gasteiger partial charge < -0.3 is 21.7 Å². The number of nitrogens with two attached hydrogens (primary N) is 1. The number of ketones is 1. The molecule has 1 aliphatic rings. The summed E-state index contributed by atoms with van der Waals surface area (Å²) in [4.78, 5) is 73.0. The van der Waals surface area contributed by atoms with Gasteiger partial charge in [-0.05, 0) is 38.0 Å². The van der Waals surface area contributed by atoms with Gasteiger partial charge in [0, 0.05) is 50.0 Å². The van der Waals surface area contributed by atoms with Crippen molar-refractivity contribution in [1.29, 1.82) is 0 Å². The predicted octanol–water partition coefficient (Wildman–Crippen LogP) is 1.55. The van der Waals surface area contributed by atoms with Gasteiger partial charge in [-0.1, -0.05) is 34.1 Å². The summed E-state index contributed by atoms with van der Waals surface area (Å²) in [5, 5.41) is 8.33. The van der Waals surface area contributed by atoms with Crippen LogP contribution in [0.15, 0.2) is 12.2 Å². The molecule has 37 heavy (non-hydrogen) atoms. The average Bonchev–Trinajstić information content (AvgIpc) is 3.15. The van der Waals surface area contributed by atoms with Crippen molar-refractivity contribution in [2.45, 2.75) is 91.1 Å². The van der Waals surface area contributed by atoms with Crippen molar-refractivity contribution in [3.05, 3.63) is 12.2 Å². The fraction of sp³-hybridized carbons (Fsp3) is 0.692. The lowest BCUT2D eigenvalue weighted by Crippen LogP contribution is -2.52. The Kier molecular flexibility index (Phi) is 14.2. The third-order valence-electron chi connectivity index (χ3n) is 6.36. The molecule has 1 rings (SSSR count). The summed E-state index contributed by atoms with van der Waals surface area (Å²) in [7, 11) is 0. The predicted molar refractivity (Wildman–Crippen MR) is 139 cm³/mol. The number of carbonyl (C=O) groups excluding carboxylic acids is 6. The first-order chi connectivity index (χ1) is 17.5. The van der Waals surface area contributed by atoms with Crippen LogP contribution in [-0.2, 0) is 24.0 Å². The molecule has 3 atom stereocenters. The van der Waals surface area contributed by atoms with Crippen LogP contribution < -0.4 is 21.7 Å². The number of Topliss-reactive ketones (excluding diaryl/α,β-unsaturated/α-hetero) is 1. The highest BCUT2D eigenvalue weighted by atomic mass is 16.2. The first-order valence-electron chi connectivity index (χ1n) is 13.2. The summed E-state index contributed by atoms with van der Waals surface area (Å²) in [5.41, 5.74) is 5.10. The molecule has 0 spiro atoms. The average molecular weight is 522 g/mol. The second kappa shape index (κ2) is 16.5. The molecule has 1 heterocycles. The van der Waals surface area contributed by atoms with E-state index in [2.05, 4.69) is 16.0 Å². The van der Waals surface area contributed by atoms with Crippen molar-refractivity contribution in [2.75, 3.05) is 13.1 Å². The number of hydrogen-bond acceptors (Lipinski definition) is 6. The van der Waals surface area contributed by atoms with E-state index in [-0.39, 0.29) is 53.7 Å². The van der Waals surface area contributed by atoms with E-state index in [4.69, 9.17) is 5.73 Å². The molecule has 0 fully saturated rings. The molecule has 0 aromatic carbocycles. The van der Waals surface area contributed by atoms with Crippen molar-refractivity contribution < 1.29 is 28.8 Å². The summed E-state index contributed by atoms with van der Waals surface area (Å²) >= 11 is 0. The van der Waals surface area contributed by atoms with Gasteiger partial charge in [-0.15, -0.1) is 0 Å². The van der Waals surface area contributed by atoms with Crippen LogP contribution in [-0.4, -0.2) is 65.5 Å². The summed E-state index contributed by atoms with van der Waals surface area (Å²) < 4.78 is 0. The van der Waals surface area contributed by atoms with Crippen LogP contribution >= 0.6 is 0 Å². The number of nitrogens with one attached hydrogen (secondary N) is 3. The lowest BCUT2D eigenvalue weighted by molar-refractivity contribution is -0.137. The van der Waals surface area contributed by atoms with Gasteiger partial charge in [0.05, 0.1) is 0 Å². The number of urea groups is 1. The van der Waals surface area contributed by atoms with Crippen LogP contribution in [0.25, 0.3) is 0 Å². The van der Waals surface area contributed by atoms with Crippen molar-refractivity contribution in [1.82, 2.24) is 20.9 Å². The molecule has 3 unspecified atom stereocenters. The third kappa shape index (κ3) is 12.0. The monoisotopic (exact) mass is 521 g/mol. The van der Waals surface area contributed by atoms with Gasteiger partial charge in [-0.3, -0.25) is 28.9 Å². The van der Waals surface area contributed by atoms with Gasteiger partial charge in [0.2, 0.25) is 11.8 Å². The zero-order chi connectivity index (χ0) is 28.0. The van der Waals surface area contributed by atoms with E-state index in [0.717, 1.165) is 0 Å². The van der Waals surface area contributed by atoms with Gasteiger partial charge in [0.15, 0.2) is 0 Å². The van der Waals surface area contributed by atoms with Gasteiger partial charge >= 0.3 is 6.03 Å². The smallest absolute Gasteiger partial charge is 0.312 e. The fourth-order valence-electron chi connectivity index (χ4n) is 4.17. The summed E-state index contributed by atoms with van der Waals surface area (Å²) in [5.74, 6) is -1.47. The molecule has 0 bridgehead atoms. The molecule has 0 saturated heterocycles. The molecule has 0 saturated carbocycles. The highest BCUT2D eigenvalue weighted by molar-refractivity contribution is 6.12. The van der Waals surface area contributed by atoms with E-state index in [1.165, 1.54) is 17.1 Å². The number of primary amides is 1. The molecular formula is C26H43N5O6. The van der Waals surface area contributed by atoms with Crippen LogP contribution in [0.1, 0.15) is 79.1 Å². The lowest BCUT2D eigenvalue weighted by atomic mass is 9.93. The molecule has 0 aromatic heterocycles. The molecule has 11 nitrogen and oxygen atoms in total. The Labute approximate surface area is 219 Å². The topological polar surface area (TPSA) is 168 Å². The maximum absolute atomic E-state index is 13.1. The Morgan fingerprint density at radius 3 is 2.16 bits per heavy atom. The minimum absolute atomic E-state index is 0.109. The highest BCUT2D eigenvalue weighted by Crippen LogP contribution is 2.15. The fourth-order valence-corrected chi connectivity index (χ4v) is 4.17. The van der Waals surface area contributed by atoms with Crippen LogP contribution in [0.5, 0.6) is 0 Å². The standard InChI is InChI=1S/C26H43N5O6/c1-5-20(32)18(4)16-19(10-9-14-28-26(27)37)29-25(36)24(17(2)3)30-21(33)11-7-6-8-15-31-22(34)12-13-23(31)35/h12-13,17-19,24H,5-11,14-16H2,1-4H3,(H,29,36)(H,30,33)(H3,27,28,37). The number of nitrogens with zero attached hydrogens (tertiary/aromatic N) is 1. The van der Waals surface area contributed by atoms with E-state index >= 15 is 0 Å². The number of amides is 6. The van der Waals surface area contributed by atoms with E-state index < -0.39 is 12.1 Å². The minimum Gasteiger partial charge on any atom is -0.352 e. The minimum atomic E-state index is -0.734. The number of imide groups is 1. The number of unbranched alkanes of at least 4 members (excludes halogenated alkanes) is 2. The molecule has 0 radical (unpaired) electrons. The zero-order valence-electron chi connectivity index (χ0n) is 22.5. The molecule has 6 amide bonds. The van der Waals surface area contributed by atoms with Crippen LogP contribution in [0, 0.1) is 11.8 Å². The molecule has 0 aliphatic carbocycles. The SMILES string of the molecule is CCC(=O)C(C)CC(CCCNC(N)=O)NC(=O)C(NC(=O)CCCCCN1C(=O)C=CC1=O)C(C)C. The van der Waals surface area contributed by atoms with Crippen molar-refractivity contribution in [3.63, 3.8) is 0 Å². The molecule has 11 heteroatoms.